The Morgan fingerprint density at radius 3 is 2.64 bits per heavy atom. The molecule has 1 amide bonds. The lowest BCUT2D eigenvalue weighted by Crippen LogP contribution is -2.32. The number of carbonyl (C=O) groups is 1. The normalized spacial score (nSPS) is 12.2. The number of nitrogens with one attached hydrogen (secondary N) is 1. The summed E-state index contributed by atoms with van der Waals surface area (Å²) in [4.78, 5) is 29.8. The lowest BCUT2D eigenvalue weighted by atomic mass is 10.1. The van der Waals surface area contributed by atoms with Crippen molar-refractivity contribution in [2.75, 3.05) is 5.32 Å². The molecular formula is C20H19N5O2S. The van der Waals surface area contributed by atoms with E-state index in [4.69, 9.17) is 0 Å². The lowest BCUT2D eigenvalue weighted by molar-refractivity contribution is -0.118. The average molecular weight is 393 g/mol. The maximum absolute atomic E-state index is 12.9. The number of thiazole rings is 1. The molecule has 28 heavy (non-hydrogen) atoms. The summed E-state index contributed by atoms with van der Waals surface area (Å²) in [5.41, 5.74) is 2.83. The predicted molar refractivity (Wildman–Crippen MR) is 110 cm³/mol. The molecule has 4 aromatic rings. The molecule has 8 heteroatoms. The van der Waals surface area contributed by atoms with Crippen molar-refractivity contribution in [1.29, 1.82) is 0 Å². The highest BCUT2D eigenvalue weighted by atomic mass is 32.1. The molecule has 4 rings (SSSR count). The van der Waals surface area contributed by atoms with Crippen molar-refractivity contribution in [2.24, 2.45) is 0 Å². The molecule has 142 valence electrons. The van der Waals surface area contributed by atoms with Crippen molar-refractivity contribution in [1.82, 2.24) is 19.3 Å². The maximum atomic E-state index is 12.9. The number of rotatable bonds is 4. The minimum Gasteiger partial charge on any atom is -0.300 e. The van der Waals surface area contributed by atoms with Gasteiger partial charge in [0, 0.05) is 23.0 Å². The van der Waals surface area contributed by atoms with Crippen molar-refractivity contribution < 1.29 is 4.79 Å². The van der Waals surface area contributed by atoms with Gasteiger partial charge < -0.3 is 5.32 Å². The molecule has 0 saturated heterocycles. The number of carbonyl (C=O) groups excluding carboxylic acids is 1. The second-order valence-electron chi connectivity index (χ2n) is 6.57. The predicted octanol–water partition coefficient (Wildman–Crippen LogP) is 3.46. The molecule has 3 heterocycles. The second-order valence-corrected chi connectivity index (χ2v) is 7.46. The molecule has 0 aliphatic carbocycles. The van der Waals surface area contributed by atoms with E-state index in [1.165, 1.54) is 15.9 Å². The molecule has 0 aliphatic rings. The monoisotopic (exact) mass is 393 g/mol. The Bertz CT molecular complexity index is 1210. The summed E-state index contributed by atoms with van der Waals surface area (Å²) in [6.07, 6.45) is 1.62. The smallest absolute Gasteiger partial charge is 0.253 e. The van der Waals surface area contributed by atoms with Crippen LogP contribution in [0, 0.1) is 13.8 Å². The van der Waals surface area contributed by atoms with Gasteiger partial charge in [-0.1, -0.05) is 18.2 Å². The fourth-order valence-corrected chi connectivity index (χ4v) is 3.90. The molecule has 3 aromatic heterocycles. The zero-order valence-corrected chi connectivity index (χ0v) is 16.5. The fraction of sp³-hybridized carbons (Fsp3) is 0.200. The Morgan fingerprint density at radius 1 is 1.21 bits per heavy atom. The van der Waals surface area contributed by atoms with Crippen LogP contribution < -0.4 is 10.9 Å². The summed E-state index contributed by atoms with van der Waals surface area (Å²) in [5.74, 6) is -0.305. The Morgan fingerprint density at radius 2 is 1.96 bits per heavy atom. The second kappa shape index (κ2) is 7.05. The topological polar surface area (TPSA) is 81.8 Å². The van der Waals surface area contributed by atoms with Crippen LogP contribution in [0.5, 0.6) is 0 Å². The van der Waals surface area contributed by atoms with E-state index in [1.54, 1.807) is 29.2 Å². The van der Waals surface area contributed by atoms with Crippen molar-refractivity contribution in [3.8, 4) is 5.69 Å². The van der Waals surface area contributed by atoms with E-state index < -0.39 is 6.04 Å². The summed E-state index contributed by atoms with van der Waals surface area (Å²) in [5, 5.41) is 10.6. The Labute approximate surface area is 165 Å². The minimum absolute atomic E-state index is 0.246. The summed E-state index contributed by atoms with van der Waals surface area (Å²) in [6, 6.07) is 10.4. The van der Waals surface area contributed by atoms with Crippen molar-refractivity contribution in [3.05, 3.63) is 69.6 Å². The first-order chi connectivity index (χ1) is 13.5. The van der Waals surface area contributed by atoms with Crippen molar-refractivity contribution >= 4 is 33.4 Å². The Hall–Kier alpha value is -3.26. The molecule has 7 nitrogen and oxygen atoms in total. The van der Waals surface area contributed by atoms with Gasteiger partial charge in [-0.3, -0.25) is 14.2 Å². The SMILES string of the molecule is Cc1cc(=O)n(C(C)C(=O)Nc2nccs2)c2c1c(C)nn2-c1ccccc1. The average Bonchev–Trinajstić information content (AvgIpc) is 3.30. The van der Waals surface area contributed by atoms with E-state index in [0.717, 1.165) is 22.3 Å². The number of hydrogen-bond donors (Lipinski definition) is 1. The lowest BCUT2D eigenvalue weighted by Gasteiger charge is -2.18. The molecule has 1 aromatic carbocycles. The molecule has 0 bridgehead atoms. The van der Waals surface area contributed by atoms with Gasteiger partial charge in [-0.2, -0.15) is 5.10 Å². The fourth-order valence-electron chi connectivity index (χ4n) is 3.37. The molecule has 0 spiro atoms. The zero-order valence-electron chi connectivity index (χ0n) is 15.7. The number of benzene rings is 1. The molecule has 0 saturated carbocycles. The van der Waals surface area contributed by atoms with Crippen LogP contribution in [0.2, 0.25) is 0 Å². The number of nitrogens with zero attached hydrogens (tertiary/aromatic N) is 4. The molecule has 0 radical (unpaired) electrons. The van der Waals surface area contributed by atoms with E-state index in [1.807, 2.05) is 44.2 Å². The number of anilines is 1. The summed E-state index contributed by atoms with van der Waals surface area (Å²) in [7, 11) is 0. The molecular weight excluding hydrogens is 374 g/mol. The number of fused-ring (bicyclic) bond motifs is 1. The van der Waals surface area contributed by atoms with Gasteiger partial charge in [0.25, 0.3) is 5.56 Å². The first kappa shape index (κ1) is 18.1. The van der Waals surface area contributed by atoms with Gasteiger partial charge in [0.1, 0.15) is 11.7 Å². The molecule has 0 fully saturated rings. The van der Waals surface area contributed by atoms with Gasteiger partial charge in [0.15, 0.2) is 5.13 Å². The van der Waals surface area contributed by atoms with Crippen molar-refractivity contribution in [3.63, 3.8) is 0 Å². The summed E-state index contributed by atoms with van der Waals surface area (Å²) < 4.78 is 3.23. The van der Waals surface area contributed by atoms with Gasteiger partial charge in [-0.25, -0.2) is 9.67 Å². The van der Waals surface area contributed by atoms with Crippen LogP contribution in [0.1, 0.15) is 24.2 Å². The van der Waals surface area contributed by atoms with Gasteiger partial charge in [0.2, 0.25) is 5.91 Å². The number of para-hydroxylation sites is 1. The standard InChI is InChI=1S/C20H19N5O2S/c1-12-11-16(26)24(14(3)18(27)22-20-21-9-10-28-20)19-17(12)13(2)23-25(19)15-7-5-4-6-8-15/h4-11,14H,1-3H3,(H,21,22,27). The largest absolute Gasteiger partial charge is 0.300 e. The molecule has 1 atom stereocenters. The van der Waals surface area contributed by atoms with Crippen LogP contribution in [-0.4, -0.2) is 25.2 Å². The van der Waals surface area contributed by atoms with Gasteiger partial charge in [-0.05, 0) is 38.5 Å². The van der Waals surface area contributed by atoms with Gasteiger partial charge in [-0.15, -0.1) is 11.3 Å². The van der Waals surface area contributed by atoms with Gasteiger partial charge in [0.05, 0.1) is 11.4 Å². The van der Waals surface area contributed by atoms with E-state index in [-0.39, 0.29) is 11.5 Å². The molecule has 0 aliphatic heterocycles. The number of pyridine rings is 1. The number of amides is 1. The Kier molecular flexibility index (Phi) is 4.56. The highest BCUT2D eigenvalue weighted by molar-refractivity contribution is 7.13. The van der Waals surface area contributed by atoms with Crippen molar-refractivity contribution in [2.45, 2.75) is 26.8 Å². The third-order valence-electron chi connectivity index (χ3n) is 4.67. The zero-order chi connectivity index (χ0) is 19.8. The summed E-state index contributed by atoms with van der Waals surface area (Å²) >= 11 is 1.33. The quantitative estimate of drug-likeness (QED) is 0.576. The van der Waals surface area contributed by atoms with Crippen LogP contribution in [0.15, 0.2) is 52.8 Å². The highest BCUT2D eigenvalue weighted by Gasteiger charge is 2.24. The van der Waals surface area contributed by atoms with Gasteiger partial charge >= 0.3 is 0 Å². The summed E-state index contributed by atoms with van der Waals surface area (Å²) in [6.45, 7) is 5.50. The number of aryl methyl sites for hydroxylation is 2. The van der Waals surface area contributed by atoms with Crippen LogP contribution in [0.25, 0.3) is 16.7 Å². The first-order valence-corrected chi connectivity index (χ1v) is 9.72. The van der Waals surface area contributed by atoms with Crippen LogP contribution in [-0.2, 0) is 4.79 Å². The van der Waals surface area contributed by atoms with E-state index in [0.29, 0.717) is 10.8 Å². The third-order valence-corrected chi connectivity index (χ3v) is 5.35. The number of aromatic nitrogens is 4. The third kappa shape index (κ3) is 3.01. The maximum Gasteiger partial charge on any atom is 0.253 e. The Balaban J connectivity index is 1.92. The molecule has 1 unspecified atom stereocenters. The highest BCUT2D eigenvalue weighted by Crippen LogP contribution is 2.26. The van der Waals surface area contributed by atoms with E-state index >= 15 is 0 Å². The van der Waals surface area contributed by atoms with E-state index in [2.05, 4.69) is 15.4 Å². The molecule has 1 N–H and O–H groups in total. The first-order valence-electron chi connectivity index (χ1n) is 8.84. The van der Waals surface area contributed by atoms with Crippen LogP contribution in [0.4, 0.5) is 5.13 Å². The number of hydrogen-bond acceptors (Lipinski definition) is 5. The van der Waals surface area contributed by atoms with Crippen LogP contribution >= 0.6 is 11.3 Å². The van der Waals surface area contributed by atoms with Crippen LogP contribution in [0.3, 0.4) is 0 Å². The van der Waals surface area contributed by atoms with E-state index in [9.17, 15) is 9.59 Å². The minimum atomic E-state index is -0.738.